The molecule has 6 heteroatoms. The van der Waals surface area contributed by atoms with Gasteiger partial charge < -0.3 is 15.0 Å². The lowest BCUT2D eigenvalue weighted by Gasteiger charge is -2.37. The standard InChI is InChI=1S/C31H33N3O3/c1-2-33-27-18-34-26(15-14-21(31(34)37)13-12-20-8-4-3-5-9-20)29(33)28(25(27)19-35)30(36)32-24-16-22-10-6-7-11-23(22)17-24/h3-15,24-25,27-29,35H,2,16-19H2,1H3,(H,32,36)/b13-12+/t25-,27-,28+,29+/m0/s1. The van der Waals surface area contributed by atoms with Gasteiger partial charge in [0.05, 0.1) is 12.0 Å². The molecular formula is C31H33N3O3. The summed E-state index contributed by atoms with van der Waals surface area (Å²) >= 11 is 0. The van der Waals surface area contributed by atoms with E-state index in [1.165, 1.54) is 11.1 Å². The predicted octanol–water partition coefficient (Wildman–Crippen LogP) is 3.29. The van der Waals surface area contributed by atoms with Crippen molar-refractivity contribution in [1.29, 1.82) is 0 Å². The monoisotopic (exact) mass is 495 g/mol. The smallest absolute Gasteiger partial charge is 0.258 e. The summed E-state index contributed by atoms with van der Waals surface area (Å²) in [7, 11) is 0. The summed E-state index contributed by atoms with van der Waals surface area (Å²) in [5, 5.41) is 13.8. The quantitative estimate of drug-likeness (QED) is 0.551. The fraction of sp³-hybridized carbons (Fsp3) is 0.355. The van der Waals surface area contributed by atoms with Crippen LogP contribution >= 0.6 is 0 Å². The second kappa shape index (κ2) is 9.77. The van der Waals surface area contributed by atoms with Crippen LogP contribution in [0.1, 0.15) is 40.9 Å². The number of aliphatic hydroxyl groups excluding tert-OH is 1. The van der Waals surface area contributed by atoms with E-state index >= 15 is 0 Å². The van der Waals surface area contributed by atoms with Crippen LogP contribution in [0.5, 0.6) is 0 Å². The number of hydrogen-bond acceptors (Lipinski definition) is 4. The number of hydrogen-bond donors (Lipinski definition) is 2. The van der Waals surface area contributed by atoms with Crippen molar-refractivity contribution in [3.8, 4) is 0 Å². The zero-order valence-corrected chi connectivity index (χ0v) is 21.1. The third kappa shape index (κ3) is 4.14. The van der Waals surface area contributed by atoms with Gasteiger partial charge in [0.15, 0.2) is 0 Å². The third-order valence-corrected chi connectivity index (χ3v) is 8.52. The van der Waals surface area contributed by atoms with E-state index in [2.05, 4.69) is 29.3 Å². The van der Waals surface area contributed by atoms with Crippen LogP contribution in [0.15, 0.2) is 71.5 Å². The maximum atomic E-state index is 13.8. The third-order valence-electron chi connectivity index (χ3n) is 8.52. The van der Waals surface area contributed by atoms with Gasteiger partial charge in [0.2, 0.25) is 5.91 Å². The van der Waals surface area contributed by atoms with Crippen LogP contribution in [0, 0.1) is 11.8 Å². The number of rotatable bonds is 6. The van der Waals surface area contributed by atoms with E-state index in [1.54, 1.807) is 0 Å². The molecule has 0 unspecified atom stereocenters. The van der Waals surface area contributed by atoms with Crippen molar-refractivity contribution in [2.24, 2.45) is 11.8 Å². The first-order valence-corrected chi connectivity index (χ1v) is 13.3. The molecule has 1 aliphatic carbocycles. The number of carbonyl (C=O) groups excluding carboxylic acids is 1. The molecule has 2 aliphatic heterocycles. The van der Waals surface area contributed by atoms with Crippen molar-refractivity contribution in [2.75, 3.05) is 13.2 Å². The SMILES string of the molecule is CCN1[C@@H]2c3ccc(/C=C/c4ccccc4)c(=O)n3C[C@H]1[C@H](CO)[C@H]2C(=O)NC1Cc2ccccc2C1. The molecule has 190 valence electrons. The van der Waals surface area contributed by atoms with Gasteiger partial charge in [0.1, 0.15) is 0 Å². The molecule has 37 heavy (non-hydrogen) atoms. The lowest BCUT2D eigenvalue weighted by atomic mass is 9.86. The van der Waals surface area contributed by atoms with Crippen LogP contribution in [0.3, 0.4) is 0 Å². The summed E-state index contributed by atoms with van der Waals surface area (Å²) < 4.78 is 1.84. The van der Waals surface area contributed by atoms with E-state index in [9.17, 15) is 14.7 Å². The first kappa shape index (κ1) is 23.9. The molecule has 2 N–H and O–H groups in total. The Balaban J connectivity index is 1.30. The highest BCUT2D eigenvalue weighted by Crippen LogP contribution is 2.48. The summed E-state index contributed by atoms with van der Waals surface area (Å²) in [4.78, 5) is 29.7. The maximum absolute atomic E-state index is 13.8. The maximum Gasteiger partial charge on any atom is 0.258 e. The van der Waals surface area contributed by atoms with Crippen LogP contribution < -0.4 is 10.9 Å². The van der Waals surface area contributed by atoms with Gasteiger partial charge in [-0.25, -0.2) is 0 Å². The normalized spacial score (nSPS) is 24.8. The minimum atomic E-state index is -0.405. The number of aromatic nitrogens is 1. The first-order chi connectivity index (χ1) is 18.1. The topological polar surface area (TPSA) is 74.6 Å². The van der Waals surface area contributed by atoms with Crippen molar-refractivity contribution >= 4 is 18.1 Å². The van der Waals surface area contributed by atoms with Gasteiger partial charge in [-0.3, -0.25) is 14.5 Å². The fourth-order valence-corrected chi connectivity index (χ4v) is 6.81. The Labute approximate surface area is 217 Å². The predicted molar refractivity (Wildman–Crippen MR) is 145 cm³/mol. The number of aliphatic hydroxyl groups is 1. The Hall–Kier alpha value is -3.48. The Kier molecular flexibility index (Phi) is 6.31. The fourth-order valence-electron chi connectivity index (χ4n) is 6.81. The van der Waals surface area contributed by atoms with E-state index in [1.807, 2.05) is 71.3 Å². The summed E-state index contributed by atoms with van der Waals surface area (Å²) in [6.07, 6.45) is 5.48. The van der Waals surface area contributed by atoms with Crippen LogP contribution in [-0.4, -0.2) is 45.7 Å². The van der Waals surface area contributed by atoms with Crippen LogP contribution in [0.25, 0.3) is 12.2 Å². The molecule has 1 fully saturated rings. The van der Waals surface area contributed by atoms with Gasteiger partial charge in [0, 0.05) is 42.4 Å². The number of amides is 1. The van der Waals surface area contributed by atoms with E-state index in [0.717, 1.165) is 30.6 Å². The van der Waals surface area contributed by atoms with Crippen molar-refractivity contribution in [3.63, 3.8) is 0 Å². The van der Waals surface area contributed by atoms with Crippen LogP contribution in [0.4, 0.5) is 0 Å². The van der Waals surface area contributed by atoms with E-state index in [-0.39, 0.29) is 42.1 Å². The second-order valence-electron chi connectivity index (χ2n) is 10.5. The zero-order valence-electron chi connectivity index (χ0n) is 21.1. The van der Waals surface area contributed by atoms with E-state index in [4.69, 9.17) is 0 Å². The minimum absolute atomic E-state index is 0.0169. The number of carbonyl (C=O) groups is 1. The molecule has 6 nitrogen and oxygen atoms in total. The van der Waals surface area contributed by atoms with Crippen molar-refractivity contribution in [2.45, 2.75) is 44.4 Å². The zero-order chi connectivity index (χ0) is 25.5. The average molecular weight is 496 g/mol. The number of nitrogens with zero attached hydrogens (tertiary/aromatic N) is 2. The van der Waals surface area contributed by atoms with Gasteiger partial charge in [0.25, 0.3) is 5.56 Å². The summed E-state index contributed by atoms with van der Waals surface area (Å²) in [6, 6.07) is 21.9. The lowest BCUT2D eigenvalue weighted by Crippen LogP contribution is -2.46. The molecule has 3 heterocycles. The Morgan fingerprint density at radius 3 is 2.38 bits per heavy atom. The average Bonchev–Trinajstić information content (AvgIpc) is 3.43. The molecule has 3 aromatic rings. The molecule has 6 rings (SSSR count). The molecule has 4 atom stereocenters. The molecule has 1 saturated heterocycles. The second-order valence-corrected chi connectivity index (χ2v) is 10.5. The van der Waals surface area contributed by atoms with Crippen molar-refractivity contribution < 1.29 is 9.90 Å². The highest BCUT2D eigenvalue weighted by atomic mass is 16.3. The molecule has 0 spiro atoms. The number of pyridine rings is 1. The van der Waals surface area contributed by atoms with Crippen LogP contribution in [-0.2, 0) is 24.2 Å². The highest BCUT2D eigenvalue weighted by molar-refractivity contribution is 5.81. The Bertz CT molecular complexity index is 1370. The largest absolute Gasteiger partial charge is 0.396 e. The van der Waals surface area contributed by atoms with Crippen molar-refractivity contribution in [1.82, 2.24) is 14.8 Å². The van der Waals surface area contributed by atoms with Crippen LogP contribution in [0.2, 0.25) is 0 Å². The summed E-state index contributed by atoms with van der Waals surface area (Å²) in [5.74, 6) is -0.648. The Morgan fingerprint density at radius 1 is 1.00 bits per heavy atom. The molecular weight excluding hydrogens is 462 g/mol. The lowest BCUT2D eigenvalue weighted by molar-refractivity contribution is -0.128. The summed E-state index contributed by atoms with van der Waals surface area (Å²) in [6.45, 7) is 3.25. The van der Waals surface area contributed by atoms with E-state index in [0.29, 0.717) is 12.1 Å². The van der Waals surface area contributed by atoms with Gasteiger partial charge in [-0.05, 0) is 54.3 Å². The molecule has 0 radical (unpaired) electrons. The number of nitrogens with one attached hydrogen (secondary N) is 1. The number of fused-ring (bicyclic) bond motifs is 5. The minimum Gasteiger partial charge on any atom is -0.396 e. The summed E-state index contributed by atoms with van der Waals surface area (Å²) in [5.41, 5.74) is 5.07. The highest BCUT2D eigenvalue weighted by Gasteiger charge is 2.55. The molecule has 2 aromatic carbocycles. The molecule has 1 amide bonds. The number of likely N-dealkylation sites (N-methyl/N-ethyl adjacent to an activating group) is 1. The molecule has 1 aromatic heterocycles. The molecule has 3 aliphatic rings. The Morgan fingerprint density at radius 2 is 1.70 bits per heavy atom. The van der Waals surface area contributed by atoms with Crippen molar-refractivity contribution in [3.05, 3.63) is 105 Å². The van der Waals surface area contributed by atoms with Gasteiger partial charge >= 0.3 is 0 Å². The van der Waals surface area contributed by atoms with E-state index < -0.39 is 5.92 Å². The van der Waals surface area contributed by atoms with Gasteiger partial charge in [-0.15, -0.1) is 0 Å². The van der Waals surface area contributed by atoms with Gasteiger partial charge in [-0.1, -0.05) is 67.6 Å². The molecule has 2 bridgehead atoms. The molecule has 0 saturated carbocycles. The van der Waals surface area contributed by atoms with Gasteiger partial charge in [-0.2, -0.15) is 0 Å². The number of benzene rings is 2. The first-order valence-electron chi connectivity index (χ1n) is 13.3.